The van der Waals surface area contributed by atoms with Crippen LogP contribution in [0.25, 0.3) is 113 Å². The second-order valence-electron chi connectivity index (χ2n) is 14.3. The summed E-state index contributed by atoms with van der Waals surface area (Å²) in [6, 6.07) is 64.7. The smallest absolute Gasteiger partial charge is 0.166 e. The minimum Gasteiger partial charge on any atom is -0.308 e. The van der Waals surface area contributed by atoms with Crippen molar-refractivity contribution in [2.45, 2.75) is 0 Å². The monoisotopic (exact) mass is 762 g/mol. The molecule has 0 radical (unpaired) electrons. The maximum Gasteiger partial charge on any atom is 0.166 e. The number of fused-ring (bicyclic) bond motifs is 10. The minimum atomic E-state index is 0.632. The van der Waals surface area contributed by atoms with E-state index in [-0.39, 0.29) is 0 Å². The van der Waals surface area contributed by atoms with Crippen LogP contribution >= 0.6 is 22.7 Å². The van der Waals surface area contributed by atoms with E-state index in [9.17, 15) is 0 Å². The zero-order valence-corrected chi connectivity index (χ0v) is 32.1. The Morgan fingerprint density at radius 3 is 1.82 bits per heavy atom. The molecule has 12 aromatic rings. The minimum absolute atomic E-state index is 0.632. The van der Waals surface area contributed by atoms with E-state index in [4.69, 9.17) is 15.0 Å². The molecule has 4 heterocycles. The zero-order valence-electron chi connectivity index (χ0n) is 30.4. The second-order valence-corrected chi connectivity index (χ2v) is 16.4. The first-order valence-electron chi connectivity index (χ1n) is 19.0. The lowest BCUT2D eigenvalue weighted by Crippen LogP contribution is -2.03. The molecule has 0 N–H and O–H groups in total. The number of para-hydroxylation sites is 2. The number of aromatic nitrogens is 4. The number of benzene rings is 8. The zero-order chi connectivity index (χ0) is 37.5. The third-order valence-corrected chi connectivity index (χ3v) is 13.5. The standard InChI is InChI=1S/C51H30N4S2/c1-3-14-31(15-4-1)34-21-13-22-37-38-28-29-43-46(48(38)57-47(34)37)39-19-7-10-23-41(39)55(43)42-24-11-8-20-40(42)51-53-49(32-16-5-2-6-17-32)52-50(54-51)33-26-27-36-35-18-9-12-25-44(35)56-45(36)30-33/h1-30H. The average molecular weight is 763 g/mol. The van der Waals surface area contributed by atoms with Crippen molar-refractivity contribution in [3.63, 3.8) is 0 Å². The highest BCUT2D eigenvalue weighted by Crippen LogP contribution is 2.46. The second kappa shape index (κ2) is 12.8. The van der Waals surface area contributed by atoms with Crippen LogP contribution in [0.15, 0.2) is 182 Å². The Morgan fingerprint density at radius 2 is 0.965 bits per heavy atom. The molecule has 0 saturated heterocycles. The third kappa shape index (κ3) is 5.08. The van der Waals surface area contributed by atoms with Gasteiger partial charge in [0.25, 0.3) is 0 Å². The van der Waals surface area contributed by atoms with Crippen molar-refractivity contribution in [2.75, 3.05) is 0 Å². The van der Waals surface area contributed by atoms with Crippen LogP contribution in [0.4, 0.5) is 0 Å². The molecule has 0 aliphatic carbocycles. The molecule has 6 heteroatoms. The Morgan fingerprint density at radius 1 is 0.351 bits per heavy atom. The van der Waals surface area contributed by atoms with Gasteiger partial charge in [0.15, 0.2) is 17.5 Å². The fourth-order valence-electron chi connectivity index (χ4n) is 8.48. The molecule has 4 aromatic heterocycles. The van der Waals surface area contributed by atoms with Crippen molar-refractivity contribution in [1.82, 2.24) is 19.5 Å². The van der Waals surface area contributed by atoms with E-state index in [1.807, 2.05) is 29.5 Å². The Labute approximate surface area is 335 Å². The summed E-state index contributed by atoms with van der Waals surface area (Å²) >= 11 is 3.69. The van der Waals surface area contributed by atoms with Gasteiger partial charge in [-0.1, -0.05) is 146 Å². The highest BCUT2D eigenvalue weighted by Gasteiger charge is 2.22. The first-order valence-corrected chi connectivity index (χ1v) is 20.7. The Hall–Kier alpha value is -6.99. The van der Waals surface area contributed by atoms with Crippen molar-refractivity contribution in [3.8, 4) is 51.0 Å². The normalized spacial score (nSPS) is 11.9. The first kappa shape index (κ1) is 32.3. The topological polar surface area (TPSA) is 43.6 Å². The molecule has 0 aliphatic heterocycles. The van der Waals surface area contributed by atoms with Gasteiger partial charge < -0.3 is 4.57 Å². The van der Waals surface area contributed by atoms with Crippen LogP contribution in [0.1, 0.15) is 0 Å². The van der Waals surface area contributed by atoms with Gasteiger partial charge in [-0.25, -0.2) is 15.0 Å². The van der Waals surface area contributed by atoms with Crippen LogP contribution in [0.5, 0.6) is 0 Å². The van der Waals surface area contributed by atoms with Gasteiger partial charge in [0.05, 0.1) is 16.7 Å². The predicted molar refractivity (Wildman–Crippen MR) is 242 cm³/mol. The molecule has 0 fully saturated rings. The maximum atomic E-state index is 5.28. The van der Waals surface area contributed by atoms with Gasteiger partial charge in [-0.05, 0) is 47.5 Å². The summed E-state index contributed by atoms with van der Waals surface area (Å²) in [5.74, 6) is 1.92. The SMILES string of the molecule is c1ccc(-c2nc(-c3ccc4c(c3)sc3ccccc34)nc(-c3ccccc3-n3c4ccccc4c4c5sc6c(-c7ccccc7)cccc6c5ccc43)n2)cc1. The number of nitrogens with zero attached hydrogens (tertiary/aromatic N) is 4. The molecule has 8 aromatic carbocycles. The van der Waals surface area contributed by atoms with Crippen LogP contribution < -0.4 is 0 Å². The van der Waals surface area contributed by atoms with E-state index >= 15 is 0 Å². The fraction of sp³-hybridized carbons (Fsp3) is 0. The van der Waals surface area contributed by atoms with Gasteiger partial charge in [-0.15, -0.1) is 22.7 Å². The third-order valence-electron chi connectivity index (χ3n) is 11.1. The lowest BCUT2D eigenvalue weighted by molar-refractivity contribution is 1.06. The number of thiophene rings is 2. The van der Waals surface area contributed by atoms with Crippen LogP contribution in [0, 0.1) is 0 Å². The van der Waals surface area contributed by atoms with E-state index in [0.717, 1.165) is 33.4 Å². The predicted octanol–water partition coefficient (Wildman–Crippen LogP) is 14.4. The molecule has 0 atom stereocenters. The molecule has 0 amide bonds. The quantitative estimate of drug-likeness (QED) is 0.175. The van der Waals surface area contributed by atoms with Crippen molar-refractivity contribution in [3.05, 3.63) is 182 Å². The highest BCUT2D eigenvalue weighted by molar-refractivity contribution is 7.27. The van der Waals surface area contributed by atoms with E-state index in [1.165, 1.54) is 62.2 Å². The van der Waals surface area contributed by atoms with Gasteiger partial charge >= 0.3 is 0 Å². The summed E-state index contributed by atoms with van der Waals surface area (Å²) in [5.41, 5.74) is 8.66. The summed E-state index contributed by atoms with van der Waals surface area (Å²) in [6.45, 7) is 0. The molecule has 4 nitrogen and oxygen atoms in total. The fourth-order valence-corrected chi connectivity index (χ4v) is 11.0. The maximum absolute atomic E-state index is 5.28. The van der Waals surface area contributed by atoms with E-state index < -0.39 is 0 Å². The lowest BCUT2D eigenvalue weighted by Gasteiger charge is -2.14. The molecule has 0 spiro atoms. The molecule has 0 unspecified atom stereocenters. The lowest BCUT2D eigenvalue weighted by atomic mass is 10.0. The van der Waals surface area contributed by atoms with Gasteiger partial charge in [0, 0.05) is 67.8 Å². The molecule has 0 bridgehead atoms. The molecule has 0 aliphatic rings. The average Bonchev–Trinajstić information content (AvgIpc) is 3.96. The number of hydrogen-bond acceptors (Lipinski definition) is 5. The number of hydrogen-bond donors (Lipinski definition) is 0. The van der Waals surface area contributed by atoms with Gasteiger partial charge in [-0.2, -0.15) is 0 Å². The number of rotatable bonds is 5. The van der Waals surface area contributed by atoms with Crippen LogP contribution in [-0.2, 0) is 0 Å². The van der Waals surface area contributed by atoms with Crippen LogP contribution in [0.2, 0.25) is 0 Å². The largest absolute Gasteiger partial charge is 0.308 e. The highest BCUT2D eigenvalue weighted by atomic mass is 32.1. The molecule has 0 saturated carbocycles. The van der Waals surface area contributed by atoms with Crippen molar-refractivity contribution >= 4 is 84.8 Å². The van der Waals surface area contributed by atoms with Crippen LogP contribution in [-0.4, -0.2) is 19.5 Å². The molecule has 12 rings (SSSR count). The first-order chi connectivity index (χ1) is 28.3. The van der Waals surface area contributed by atoms with Crippen LogP contribution in [0.3, 0.4) is 0 Å². The summed E-state index contributed by atoms with van der Waals surface area (Å²) in [6.07, 6.45) is 0. The molecule has 57 heavy (non-hydrogen) atoms. The summed E-state index contributed by atoms with van der Waals surface area (Å²) < 4.78 is 7.49. The Kier molecular flexibility index (Phi) is 7.24. The summed E-state index contributed by atoms with van der Waals surface area (Å²) in [4.78, 5) is 15.6. The molecular weight excluding hydrogens is 733 g/mol. The van der Waals surface area contributed by atoms with E-state index in [0.29, 0.717) is 17.5 Å². The van der Waals surface area contributed by atoms with Gasteiger partial charge in [-0.3, -0.25) is 0 Å². The summed E-state index contributed by atoms with van der Waals surface area (Å²) in [5, 5.41) is 7.57. The van der Waals surface area contributed by atoms with Crippen molar-refractivity contribution in [2.24, 2.45) is 0 Å². The summed E-state index contributed by atoms with van der Waals surface area (Å²) in [7, 11) is 0. The molecule has 266 valence electrons. The Balaban J connectivity index is 1.09. The Bertz CT molecular complexity index is 3530. The van der Waals surface area contributed by atoms with Gasteiger partial charge in [0.2, 0.25) is 0 Å². The van der Waals surface area contributed by atoms with Crippen molar-refractivity contribution < 1.29 is 0 Å². The molecular formula is C51H30N4S2. The van der Waals surface area contributed by atoms with E-state index in [2.05, 4.69) is 168 Å². The van der Waals surface area contributed by atoms with Gasteiger partial charge in [0.1, 0.15) is 0 Å². The van der Waals surface area contributed by atoms with E-state index in [1.54, 1.807) is 11.3 Å². The van der Waals surface area contributed by atoms with Crippen molar-refractivity contribution in [1.29, 1.82) is 0 Å².